The minimum Gasteiger partial charge on any atom is -0.468 e. The van der Waals surface area contributed by atoms with E-state index in [0.717, 1.165) is 0 Å². The lowest BCUT2D eigenvalue weighted by atomic mass is 9.86. The maximum Gasteiger partial charge on any atom is 0.374 e. The fraction of sp³-hybridized carbons (Fsp3) is 0.667. The highest BCUT2D eigenvalue weighted by Crippen LogP contribution is 1.94. The van der Waals surface area contributed by atoms with Crippen molar-refractivity contribution in [3.05, 3.63) is 0 Å². The summed E-state index contributed by atoms with van der Waals surface area (Å²) in [6.07, 6.45) is -0.197. The molecule has 0 aromatic rings. The molecule has 0 radical (unpaired) electrons. The lowest BCUT2D eigenvalue weighted by Crippen LogP contribution is -2.47. The fourth-order valence-corrected chi connectivity index (χ4v) is 0.845. The summed E-state index contributed by atoms with van der Waals surface area (Å²) in [5.41, 5.74) is 4.89. The molecule has 0 rings (SSSR count). The van der Waals surface area contributed by atoms with E-state index in [4.69, 9.17) is 10.8 Å². The molecule has 0 unspecified atom stereocenters. The highest BCUT2D eigenvalue weighted by molar-refractivity contribution is 6.46. The number of amides is 1. The zero-order chi connectivity index (χ0) is 10.4. The van der Waals surface area contributed by atoms with Crippen LogP contribution >= 0.6 is 0 Å². The standard InChI is InChI=1S/C6H13BN2O4/c1-7(12)9-4(3-5(8)10)6(11)13-2/h4,9,12H,3H2,1-2H3,(H2,8,10)/t4-/m0/s1. The van der Waals surface area contributed by atoms with E-state index in [1.165, 1.54) is 13.9 Å². The predicted octanol–water partition coefficient (Wildman–Crippen LogP) is -1.90. The van der Waals surface area contributed by atoms with Gasteiger partial charge in [0.25, 0.3) is 0 Å². The summed E-state index contributed by atoms with van der Waals surface area (Å²) in [4.78, 5) is 21.5. The van der Waals surface area contributed by atoms with E-state index in [1.807, 2.05) is 0 Å². The first-order valence-electron chi connectivity index (χ1n) is 3.77. The summed E-state index contributed by atoms with van der Waals surface area (Å²) in [7, 11) is 0.295. The number of nitrogens with one attached hydrogen (secondary N) is 1. The third kappa shape index (κ3) is 5.21. The number of methoxy groups -OCH3 is 1. The van der Waals surface area contributed by atoms with Gasteiger partial charge >= 0.3 is 13.0 Å². The van der Waals surface area contributed by atoms with Crippen LogP contribution in [0.4, 0.5) is 0 Å². The van der Waals surface area contributed by atoms with Gasteiger partial charge in [-0.05, 0) is 6.82 Å². The molecule has 0 aliphatic heterocycles. The van der Waals surface area contributed by atoms with Crippen molar-refractivity contribution < 1.29 is 19.3 Å². The molecule has 0 aromatic heterocycles. The minimum atomic E-state index is -0.900. The molecule has 1 atom stereocenters. The van der Waals surface area contributed by atoms with Gasteiger partial charge in [0.2, 0.25) is 5.91 Å². The number of rotatable bonds is 5. The number of carbonyl (C=O) groups excluding carboxylic acids is 2. The Morgan fingerprint density at radius 3 is 2.54 bits per heavy atom. The van der Waals surface area contributed by atoms with Crippen molar-refractivity contribution in [2.45, 2.75) is 19.3 Å². The van der Waals surface area contributed by atoms with E-state index >= 15 is 0 Å². The Balaban J connectivity index is 4.18. The van der Waals surface area contributed by atoms with Crippen LogP contribution in [0.1, 0.15) is 6.42 Å². The molecule has 0 saturated heterocycles. The summed E-state index contributed by atoms with van der Waals surface area (Å²) in [6, 6.07) is -0.887. The molecule has 0 aliphatic carbocycles. The van der Waals surface area contributed by atoms with Crippen LogP contribution in [0.3, 0.4) is 0 Å². The van der Waals surface area contributed by atoms with E-state index in [-0.39, 0.29) is 6.42 Å². The van der Waals surface area contributed by atoms with Crippen LogP contribution in [0.25, 0.3) is 0 Å². The first-order valence-corrected chi connectivity index (χ1v) is 3.77. The van der Waals surface area contributed by atoms with E-state index in [9.17, 15) is 9.59 Å². The molecular weight excluding hydrogens is 175 g/mol. The summed E-state index contributed by atoms with van der Waals surface area (Å²) in [5, 5.41) is 11.4. The van der Waals surface area contributed by atoms with E-state index in [2.05, 4.69) is 9.96 Å². The van der Waals surface area contributed by atoms with Crippen molar-refractivity contribution in [3.8, 4) is 0 Å². The molecule has 0 fully saturated rings. The maximum absolute atomic E-state index is 11.0. The van der Waals surface area contributed by atoms with Crippen molar-refractivity contribution >= 4 is 18.9 Å². The number of hydrogen-bond acceptors (Lipinski definition) is 5. The summed E-state index contributed by atoms with van der Waals surface area (Å²) in [6.45, 7) is 1.43. The quantitative estimate of drug-likeness (QED) is 0.345. The molecule has 0 saturated carbocycles. The van der Waals surface area contributed by atoms with Gasteiger partial charge in [0.15, 0.2) is 0 Å². The topological polar surface area (TPSA) is 102 Å². The van der Waals surface area contributed by atoms with Crippen LogP contribution in [0.15, 0.2) is 0 Å². The molecule has 6 nitrogen and oxygen atoms in total. The molecule has 0 aliphatic rings. The third-order valence-electron chi connectivity index (χ3n) is 1.33. The molecule has 13 heavy (non-hydrogen) atoms. The highest BCUT2D eigenvalue weighted by Gasteiger charge is 2.23. The van der Waals surface area contributed by atoms with Gasteiger partial charge in [-0.15, -0.1) is 0 Å². The number of ether oxygens (including phenoxy) is 1. The fourth-order valence-electron chi connectivity index (χ4n) is 0.845. The second-order valence-electron chi connectivity index (χ2n) is 2.59. The second-order valence-corrected chi connectivity index (χ2v) is 2.59. The van der Waals surface area contributed by atoms with Crippen LogP contribution in [-0.4, -0.2) is 37.1 Å². The predicted molar refractivity (Wildman–Crippen MR) is 46.6 cm³/mol. The Hall–Kier alpha value is -1.08. The maximum atomic E-state index is 11.0. The Morgan fingerprint density at radius 2 is 2.23 bits per heavy atom. The largest absolute Gasteiger partial charge is 0.468 e. The molecule has 74 valence electrons. The molecule has 4 N–H and O–H groups in total. The van der Waals surface area contributed by atoms with Crippen molar-refractivity contribution in [2.75, 3.05) is 7.11 Å². The summed E-state index contributed by atoms with van der Waals surface area (Å²) >= 11 is 0. The SMILES string of the molecule is COC(=O)[C@H](CC(N)=O)NB(C)O. The number of hydrogen-bond donors (Lipinski definition) is 3. The summed E-state index contributed by atoms with van der Waals surface area (Å²) in [5.74, 6) is -1.26. The summed E-state index contributed by atoms with van der Waals surface area (Å²) < 4.78 is 4.39. The molecule has 0 heterocycles. The van der Waals surface area contributed by atoms with Gasteiger partial charge in [0.1, 0.15) is 6.04 Å². The molecule has 7 heteroatoms. The Labute approximate surface area is 76.6 Å². The third-order valence-corrected chi connectivity index (χ3v) is 1.33. The van der Waals surface area contributed by atoms with Crippen molar-refractivity contribution in [1.82, 2.24) is 5.23 Å². The lowest BCUT2D eigenvalue weighted by Gasteiger charge is -2.14. The Morgan fingerprint density at radius 1 is 1.69 bits per heavy atom. The molecular formula is C6H13BN2O4. The van der Waals surface area contributed by atoms with Crippen LogP contribution in [0.2, 0.25) is 6.82 Å². The van der Waals surface area contributed by atoms with Gasteiger partial charge < -0.3 is 20.7 Å². The van der Waals surface area contributed by atoms with Gasteiger partial charge in [-0.25, -0.2) is 0 Å². The van der Waals surface area contributed by atoms with E-state index < -0.39 is 25.0 Å². The Kier molecular flexibility index (Phi) is 5.09. The minimum absolute atomic E-state index is 0.197. The zero-order valence-corrected chi connectivity index (χ0v) is 7.61. The van der Waals surface area contributed by atoms with Crippen molar-refractivity contribution in [3.63, 3.8) is 0 Å². The number of carbonyl (C=O) groups is 2. The van der Waals surface area contributed by atoms with Crippen LogP contribution in [0, 0.1) is 0 Å². The first kappa shape index (κ1) is 11.9. The zero-order valence-electron chi connectivity index (χ0n) is 7.61. The normalized spacial score (nSPS) is 11.9. The number of primary amides is 1. The van der Waals surface area contributed by atoms with E-state index in [0.29, 0.717) is 0 Å². The van der Waals surface area contributed by atoms with Gasteiger partial charge in [0, 0.05) is 0 Å². The molecule has 0 spiro atoms. The van der Waals surface area contributed by atoms with Crippen molar-refractivity contribution in [1.29, 1.82) is 0 Å². The van der Waals surface area contributed by atoms with Crippen LogP contribution in [0.5, 0.6) is 0 Å². The van der Waals surface area contributed by atoms with Gasteiger partial charge in [-0.2, -0.15) is 0 Å². The molecule has 1 amide bonds. The van der Waals surface area contributed by atoms with E-state index in [1.54, 1.807) is 0 Å². The lowest BCUT2D eigenvalue weighted by molar-refractivity contribution is -0.144. The number of nitrogens with two attached hydrogens (primary N) is 1. The number of esters is 1. The van der Waals surface area contributed by atoms with Gasteiger partial charge in [0.05, 0.1) is 13.5 Å². The molecule has 0 aromatic carbocycles. The van der Waals surface area contributed by atoms with Gasteiger partial charge in [-0.3, -0.25) is 9.59 Å². The highest BCUT2D eigenvalue weighted by atomic mass is 16.5. The second kappa shape index (κ2) is 5.55. The average molecular weight is 188 g/mol. The first-order chi connectivity index (χ1) is 5.97. The van der Waals surface area contributed by atoms with Crippen molar-refractivity contribution in [2.24, 2.45) is 5.73 Å². The average Bonchev–Trinajstić information content (AvgIpc) is 2.00. The van der Waals surface area contributed by atoms with Crippen LogP contribution < -0.4 is 11.0 Å². The van der Waals surface area contributed by atoms with Crippen LogP contribution in [-0.2, 0) is 14.3 Å². The monoisotopic (exact) mass is 188 g/mol. The molecule has 0 bridgehead atoms. The smallest absolute Gasteiger partial charge is 0.374 e. The van der Waals surface area contributed by atoms with Gasteiger partial charge in [-0.1, -0.05) is 0 Å². The Bertz CT molecular complexity index is 197.